The number of pyridine rings is 1. The normalized spacial score (nSPS) is 14.5. The molecule has 126 valence electrons. The number of carbonyl (C=O) groups is 1. The summed E-state index contributed by atoms with van der Waals surface area (Å²) in [6, 6.07) is 12.0. The molecule has 0 atom stereocenters. The van der Waals surface area contributed by atoms with E-state index in [-0.39, 0.29) is 11.7 Å². The molecule has 0 saturated carbocycles. The fraction of sp³-hybridized carbons (Fsp3) is 0.333. The highest BCUT2D eigenvalue weighted by Gasteiger charge is 2.21. The summed E-state index contributed by atoms with van der Waals surface area (Å²) in [7, 11) is 0. The Labute approximate surface area is 141 Å². The molecular weight excluding hydrogens is 307 g/mol. The molecular formula is C18H21FN4O. The average molecular weight is 328 g/mol. The van der Waals surface area contributed by atoms with Gasteiger partial charge in [0.2, 0.25) is 5.91 Å². The fourth-order valence-corrected chi connectivity index (χ4v) is 2.77. The Kier molecular flexibility index (Phi) is 5.25. The quantitative estimate of drug-likeness (QED) is 0.915. The minimum Gasteiger partial charge on any atom is -0.385 e. The fourth-order valence-electron chi connectivity index (χ4n) is 2.77. The van der Waals surface area contributed by atoms with Gasteiger partial charge in [0.25, 0.3) is 0 Å². The summed E-state index contributed by atoms with van der Waals surface area (Å²) < 4.78 is 12.8. The molecule has 0 radical (unpaired) electrons. The summed E-state index contributed by atoms with van der Waals surface area (Å²) in [6.45, 7) is 3.57. The van der Waals surface area contributed by atoms with Crippen LogP contribution in [0.25, 0.3) is 0 Å². The van der Waals surface area contributed by atoms with Gasteiger partial charge in [-0.25, -0.2) is 9.37 Å². The van der Waals surface area contributed by atoms with Gasteiger partial charge < -0.3 is 15.1 Å². The Hall–Kier alpha value is -2.63. The van der Waals surface area contributed by atoms with Crippen LogP contribution in [-0.2, 0) is 4.79 Å². The number of nitrogens with one attached hydrogen (secondary N) is 1. The van der Waals surface area contributed by atoms with Crippen LogP contribution in [0.4, 0.5) is 15.9 Å². The van der Waals surface area contributed by atoms with E-state index in [2.05, 4.69) is 15.2 Å². The van der Waals surface area contributed by atoms with E-state index in [1.54, 1.807) is 18.3 Å². The van der Waals surface area contributed by atoms with Crippen molar-refractivity contribution < 1.29 is 9.18 Å². The summed E-state index contributed by atoms with van der Waals surface area (Å²) in [4.78, 5) is 20.7. The van der Waals surface area contributed by atoms with Crippen LogP contribution in [0.1, 0.15) is 6.42 Å². The SMILES string of the molecule is O=C(CCNc1ccc(F)cc1)N1CCN(c2ccccn2)CC1. The zero-order valence-electron chi connectivity index (χ0n) is 13.5. The summed E-state index contributed by atoms with van der Waals surface area (Å²) >= 11 is 0. The van der Waals surface area contributed by atoms with Crippen LogP contribution in [0, 0.1) is 5.82 Å². The van der Waals surface area contributed by atoms with E-state index in [0.29, 0.717) is 26.1 Å². The molecule has 0 unspecified atom stereocenters. The van der Waals surface area contributed by atoms with Gasteiger partial charge in [0, 0.05) is 51.0 Å². The number of hydrogen-bond acceptors (Lipinski definition) is 4. The highest BCUT2D eigenvalue weighted by molar-refractivity contribution is 5.77. The van der Waals surface area contributed by atoms with Gasteiger partial charge >= 0.3 is 0 Å². The van der Waals surface area contributed by atoms with Gasteiger partial charge in [-0.15, -0.1) is 0 Å². The average Bonchev–Trinajstić information content (AvgIpc) is 2.64. The molecule has 1 saturated heterocycles. The lowest BCUT2D eigenvalue weighted by Crippen LogP contribution is -2.49. The van der Waals surface area contributed by atoms with E-state index in [4.69, 9.17) is 0 Å². The third-order valence-corrected chi connectivity index (χ3v) is 4.12. The zero-order valence-corrected chi connectivity index (χ0v) is 13.5. The number of benzene rings is 1. The molecule has 1 fully saturated rings. The van der Waals surface area contributed by atoms with Gasteiger partial charge in [-0.05, 0) is 36.4 Å². The number of piperazine rings is 1. The van der Waals surface area contributed by atoms with Crippen LogP contribution in [0.2, 0.25) is 0 Å². The van der Waals surface area contributed by atoms with Gasteiger partial charge in [0.05, 0.1) is 0 Å². The van der Waals surface area contributed by atoms with Crippen LogP contribution in [0.15, 0.2) is 48.7 Å². The first kappa shape index (κ1) is 16.2. The number of halogens is 1. The minimum atomic E-state index is -0.262. The van der Waals surface area contributed by atoms with E-state index in [1.165, 1.54) is 12.1 Å². The van der Waals surface area contributed by atoms with Gasteiger partial charge in [-0.2, -0.15) is 0 Å². The standard InChI is InChI=1S/C18H21FN4O/c19-15-4-6-16(7-5-15)20-10-8-18(24)23-13-11-22(12-14-23)17-3-1-2-9-21-17/h1-7,9,20H,8,10-14H2. The summed E-state index contributed by atoms with van der Waals surface area (Å²) in [5, 5.41) is 3.14. The predicted octanol–water partition coefficient (Wildman–Crippen LogP) is 2.37. The van der Waals surface area contributed by atoms with Crippen molar-refractivity contribution in [3.05, 3.63) is 54.5 Å². The van der Waals surface area contributed by atoms with Crippen LogP contribution in [0.3, 0.4) is 0 Å². The number of aromatic nitrogens is 1. The first-order chi connectivity index (χ1) is 11.7. The van der Waals surface area contributed by atoms with Crippen molar-refractivity contribution in [1.29, 1.82) is 0 Å². The van der Waals surface area contributed by atoms with Crippen LogP contribution in [0.5, 0.6) is 0 Å². The van der Waals surface area contributed by atoms with E-state index in [0.717, 1.165) is 24.6 Å². The number of nitrogens with zero attached hydrogens (tertiary/aromatic N) is 3. The lowest BCUT2D eigenvalue weighted by Gasteiger charge is -2.35. The van der Waals surface area contributed by atoms with Crippen LogP contribution >= 0.6 is 0 Å². The topological polar surface area (TPSA) is 48.5 Å². The van der Waals surface area contributed by atoms with Gasteiger partial charge in [0.15, 0.2) is 0 Å². The largest absolute Gasteiger partial charge is 0.385 e. The monoisotopic (exact) mass is 328 g/mol. The smallest absolute Gasteiger partial charge is 0.224 e. The Morgan fingerprint density at radius 2 is 1.83 bits per heavy atom. The molecule has 1 aliphatic heterocycles. The molecule has 2 heterocycles. The molecule has 24 heavy (non-hydrogen) atoms. The lowest BCUT2D eigenvalue weighted by atomic mass is 10.2. The van der Waals surface area contributed by atoms with Gasteiger partial charge in [-0.1, -0.05) is 6.07 Å². The van der Waals surface area contributed by atoms with Crippen molar-refractivity contribution in [3.63, 3.8) is 0 Å². The molecule has 0 aliphatic carbocycles. The van der Waals surface area contributed by atoms with Gasteiger partial charge in [0.1, 0.15) is 11.6 Å². The van der Waals surface area contributed by atoms with E-state index in [9.17, 15) is 9.18 Å². The van der Waals surface area contributed by atoms with E-state index in [1.807, 2.05) is 23.1 Å². The van der Waals surface area contributed by atoms with Crippen molar-refractivity contribution >= 4 is 17.4 Å². The number of carbonyl (C=O) groups excluding carboxylic acids is 1. The lowest BCUT2D eigenvalue weighted by molar-refractivity contribution is -0.131. The Morgan fingerprint density at radius 1 is 1.08 bits per heavy atom. The maximum atomic E-state index is 12.8. The summed E-state index contributed by atoms with van der Waals surface area (Å²) in [6.07, 6.45) is 2.22. The molecule has 3 rings (SSSR count). The second-order valence-corrected chi connectivity index (χ2v) is 5.74. The summed E-state index contributed by atoms with van der Waals surface area (Å²) in [5.74, 6) is 0.843. The first-order valence-electron chi connectivity index (χ1n) is 8.15. The van der Waals surface area contributed by atoms with Crippen molar-refractivity contribution in [3.8, 4) is 0 Å². The zero-order chi connectivity index (χ0) is 16.8. The number of hydrogen-bond donors (Lipinski definition) is 1. The van der Waals surface area contributed by atoms with Crippen LogP contribution < -0.4 is 10.2 Å². The number of amides is 1. The third-order valence-electron chi connectivity index (χ3n) is 4.12. The van der Waals surface area contributed by atoms with Crippen molar-refractivity contribution in [2.45, 2.75) is 6.42 Å². The number of rotatable bonds is 5. The van der Waals surface area contributed by atoms with Gasteiger partial charge in [-0.3, -0.25) is 4.79 Å². The molecule has 1 aliphatic rings. The van der Waals surface area contributed by atoms with E-state index < -0.39 is 0 Å². The second kappa shape index (κ2) is 7.77. The maximum absolute atomic E-state index is 12.8. The molecule has 0 bridgehead atoms. The minimum absolute atomic E-state index is 0.144. The highest BCUT2D eigenvalue weighted by Crippen LogP contribution is 2.13. The predicted molar refractivity (Wildman–Crippen MR) is 92.5 cm³/mol. The highest BCUT2D eigenvalue weighted by atomic mass is 19.1. The van der Waals surface area contributed by atoms with Crippen LogP contribution in [-0.4, -0.2) is 48.5 Å². The molecule has 1 amide bonds. The molecule has 1 N–H and O–H groups in total. The molecule has 2 aromatic rings. The number of anilines is 2. The second-order valence-electron chi connectivity index (χ2n) is 5.74. The molecule has 0 spiro atoms. The maximum Gasteiger partial charge on any atom is 0.224 e. The molecule has 1 aromatic heterocycles. The Balaban J connectivity index is 1.41. The molecule has 6 heteroatoms. The van der Waals surface area contributed by atoms with Crippen molar-refractivity contribution in [2.75, 3.05) is 42.9 Å². The first-order valence-corrected chi connectivity index (χ1v) is 8.15. The summed E-state index contributed by atoms with van der Waals surface area (Å²) in [5.41, 5.74) is 0.823. The van der Waals surface area contributed by atoms with E-state index >= 15 is 0 Å². The Bertz CT molecular complexity index is 654. The third kappa shape index (κ3) is 4.22. The van der Waals surface area contributed by atoms with Crippen molar-refractivity contribution in [2.24, 2.45) is 0 Å². The molecule has 5 nitrogen and oxygen atoms in total. The Morgan fingerprint density at radius 3 is 2.50 bits per heavy atom. The van der Waals surface area contributed by atoms with Crippen molar-refractivity contribution in [1.82, 2.24) is 9.88 Å². The molecule has 1 aromatic carbocycles.